The topological polar surface area (TPSA) is 47.6 Å². The van der Waals surface area contributed by atoms with Crippen LogP contribution in [0, 0.1) is 0 Å². The molecule has 0 radical (unpaired) electrons. The molecule has 0 bridgehead atoms. The smallest absolute Gasteiger partial charge is 0.309 e. The quantitative estimate of drug-likeness (QED) is 0.460. The molecule has 150 valence electrons. The molecule has 3 rings (SSSR count). The number of esters is 1. The van der Waals surface area contributed by atoms with E-state index in [1.807, 2.05) is 48.5 Å². The third-order valence-electron chi connectivity index (χ3n) is 4.20. The minimum atomic E-state index is -0.243. The SMILES string of the molecule is COC(=O)Cc1cccc(CNCc2cccc(Oc3cc(Cl)cc(Cl)c3)c2)c1. The van der Waals surface area contributed by atoms with Gasteiger partial charge in [-0.3, -0.25) is 4.79 Å². The Labute approximate surface area is 180 Å². The molecule has 4 nitrogen and oxygen atoms in total. The van der Waals surface area contributed by atoms with Gasteiger partial charge in [-0.2, -0.15) is 0 Å². The molecule has 3 aromatic carbocycles. The van der Waals surface area contributed by atoms with Gasteiger partial charge in [-0.1, -0.05) is 59.6 Å². The maximum Gasteiger partial charge on any atom is 0.309 e. The van der Waals surface area contributed by atoms with Crippen molar-refractivity contribution in [3.63, 3.8) is 0 Å². The molecule has 0 fully saturated rings. The Morgan fingerprint density at radius 2 is 1.45 bits per heavy atom. The number of ether oxygens (including phenoxy) is 2. The number of hydrogen-bond acceptors (Lipinski definition) is 4. The van der Waals surface area contributed by atoms with Gasteiger partial charge < -0.3 is 14.8 Å². The Kier molecular flexibility index (Phi) is 7.53. The number of halogens is 2. The van der Waals surface area contributed by atoms with Crippen LogP contribution in [-0.4, -0.2) is 13.1 Å². The van der Waals surface area contributed by atoms with Crippen LogP contribution in [0.25, 0.3) is 0 Å². The highest BCUT2D eigenvalue weighted by Crippen LogP contribution is 2.28. The molecule has 29 heavy (non-hydrogen) atoms. The van der Waals surface area contributed by atoms with Crippen LogP contribution < -0.4 is 10.1 Å². The van der Waals surface area contributed by atoms with Gasteiger partial charge in [0.1, 0.15) is 11.5 Å². The summed E-state index contributed by atoms with van der Waals surface area (Å²) in [6.45, 7) is 1.36. The molecule has 3 aromatic rings. The Balaban J connectivity index is 1.57. The number of methoxy groups -OCH3 is 1. The summed E-state index contributed by atoms with van der Waals surface area (Å²) in [5.41, 5.74) is 3.13. The third-order valence-corrected chi connectivity index (χ3v) is 4.63. The molecule has 0 unspecified atom stereocenters. The molecule has 0 saturated heterocycles. The maximum absolute atomic E-state index is 11.4. The lowest BCUT2D eigenvalue weighted by Crippen LogP contribution is -2.13. The van der Waals surface area contributed by atoms with Crippen LogP contribution >= 0.6 is 23.2 Å². The van der Waals surface area contributed by atoms with Gasteiger partial charge in [0.05, 0.1) is 13.5 Å². The maximum atomic E-state index is 11.4. The highest BCUT2D eigenvalue weighted by molar-refractivity contribution is 6.34. The van der Waals surface area contributed by atoms with Gasteiger partial charge in [0.2, 0.25) is 0 Å². The Hall–Kier alpha value is -2.53. The Bertz CT molecular complexity index is 971. The Morgan fingerprint density at radius 3 is 2.14 bits per heavy atom. The first-order chi connectivity index (χ1) is 14.0. The van der Waals surface area contributed by atoms with Crippen molar-refractivity contribution < 1.29 is 14.3 Å². The molecule has 0 amide bonds. The van der Waals surface area contributed by atoms with E-state index < -0.39 is 0 Å². The van der Waals surface area contributed by atoms with Crippen LogP contribution in [-0.2, 0) is 29.0 Å². The largest absolute Gasteiger partial charge is 0.469 e. The van der Waals surface area contributed by atoms with E-state index in [4.69, 9.17) is 32.7 Å². The van der Waals surface area contributed by atoms with Gasteiger partial charge >= 0.3 is 5.97 Å². The lowest BCUT2D eigenvalue weighted by Gasteiger charge is -2.10. The standard InChI is InChI=1S/C23H21Cl2NO3/c1-28-23(27)10-16-4-2-5-17(8-16)14-26-15-18-6-3-7-21(9-18)29-22-12-19(24)11-20(25)13-22/h2-9,11-13,26H,10,14-15H2,1H3. The van der Waals surface area contributed by atoms with Crippen LogP contribution in [0.1, 0.15) is 16.7 Å². The first kappa shape index (κ1) is 21.2. The molecular formula is C23H21Cl2NO3. The van der Waals surface area contributed by atoms with Crippen molar-refractivity contribution >= 4 is 29.2 Å². The summed E-state index contributed by atoms with van der Waals surface area (Å²) in [7, 11) is 1.40. The van der Waals surface area contributed by atoms with Crippen molar-refractivity contribution in [2.45, 2.75) is 19.5 Å². The van der Waals surface area contributed by atoms with Gasteiger partial charge in [0, 0.05) is 23.1 Å². The van der Waals surface area contributed by atoms with Crippen LogP contribution in [0.3, 0.4) is 0 Å². The molecular weight excluding hydrogens is 409 g/mol. The van der Waals surface area contributed by atoms with Crippen molar-refractivity contribution in [2.24, 2.45) is 0 Å². The van der Waals surface area contributed by atoms with E-state index >= 15 is 0 Å². The molecule has 0 aromatic heterocycles. The minimum Gasteiger partial charge on any atom is -0.469 e. The lowest BCUT2D eigenvalue weighted by molar-refractivity contribution is -0.139. The van der Waals surface area contributed by atoms with E-state index in [1.54, 1.807) is 18.2 Å². The number of hydrogen-bond donors (Lipinski definition) is 1. The summed E-state index contributed by atoms with van der Waals surface area (Å²) in [4.78, 5) is 11.4. The molecule has 0 aliphatic carbocycles. The van der Waals surface area contributed by atoms with E-state index in [0.29, 0.717) is 34.6 Å². The highest BCUT2D eigenvalue weighted by Gasteiger charge is 2.05. The molecule has 0 saturated carbocycles. The van der Waals surface area contributed by atoms with Gasteiger partial charge in [-0.15, -0.1) is 0 Å². The molecule has 1 N–H and O–H groups in total. The second-order valence-electron chi connectivity index (χ2n) is 6.53. The summed E-state index contributed by atoms with van der Waals surface area (Å²) in [6, 6.07) is 20.8. The average Bonchev–Trinajstić information content (AvgIpc) is 2.68. The predicted octanol–water partition coefficient (Wildman–Crippen LogP) is 5.79. The third kappa shape index (κ3) is 6.79. The van der Waals surface area contributed by atoms with E-state index in [9.17, 15) is 4.79 Å². The van der Waals surface area contributed by atoms with Crippen molar-refractivity contribution in [3.05, 3.63) is 93.5 Å². The summed E-state index contributed by atoms with van der Waals surface area (Å²) in [5, 5.41) is 4.46. The number of benzene rings is 3. The second-order valence-corrected chi connectivity index (χ2v) is 7.40. The fourth-order valence-electron chi connectivity index (χ4n) is 2.88. The second kappa shape index (κ2) is 10.3. The fourth-order valence-corrected chi connectivity index (χ4v) is 3.39. The minimum absolute atomic E-state index is 0.243. The van der Waals surface area contributed by atoms with Crippen molar-refractivity contribution in [3.8, 4) is 11.5 Å². The molecule has 0 spiro atoms. The van der Waals surface area contributed by atoms with E-state index in [-0.39, 0.29) is 12.4 Å². The fraction of sp³-hybridized carbons (Fsp3) is 0.174. The average molecular weight is 430 g/mol. The monoisotopic (exact) mass is 429 g/mol. The summed E-state index contributed by atoms with van der Waals surface area (Å²) < 4.78 is 10.6. The van der Waals surface area contributed by atoms with Crippen molar-refractivity contribution in [1.82, 2.24) is 5.32 Å². The normalized spacial score (nSPS) is 10.6. The van der Waals surface area contributed by atoms with Crippen molar-refractivity contribution in [2.75, 3.05) is 7.11 Å². The van der Waals surface area contributed by atoms with Crippen molar-refractivity contribution in [1.29, 1.82) is 0 Å². The van der Waals surface area contributed by atoms with Crippen LogP contribution in [0.5, 0.6) is 11.5 Å². The van der Waals surface area contributed by atoms with E-state index in [1.165, 1.54) is 7.11 Å². The molecule has 6 heteroatoms. The number of carbonyl (C=O) groups excluding carboxylic acids is 1. The summed E-state index contributed by atoms with van der Waals surface area (Å²) >= 11 is 12.0. The van der Waals surface area contributed by atoms with Gasteiger partial charge in [0.15, 0.2) is 0 Å². The lowest BCUT2D eigenvalue weighted by atomic mass is 10.1. The zero-order valence-corrected chi connectivity index (χ0v) is 17.5. The number of nitrogens with one attached hydrogen (secondary N) is 1. The van der Waals surface area contributed by atoms with Gasteiger partial charge in [-0.25, -0.2) is 0 Å². The van der Waals surface area contributed by atoms with E-state index in [0.717, 1.165) is 16.7 Å². The molecule has 0 aliphatic heterocycles. The zero-order chi connectivity index (χ0) is 20.6. The first-order valence-corrected chi connectivity index (χ1v) is 9.85. The Morgan fingerprint density at radius 1 is 0.828 bits per heavy atom. The number of rotatable bonds is 8. The highest BCUT2D eigenvalue weighted by atomic mass is 35.5. The molecule has 0 aliphatic rings. The van der Waals surface area contributed by atoms with Crippen LogP contribution in [0.2, 0.25) is 10.0 Å². The first-order valence-electron chi connectivity index (χ1n) is 9.10. The van der Waals surface area contributed by atoms with Crippen LogP contribution in [0.4, 0.5) is 0 Å². The predicted molar refractivity (Wildman–Crippen MR) is 116 cm³/mol. The van der Waals surface area contributed by atoms with Gasteiger partial charge in [-0.05, 0) is 47.0 Å². The summed E-state index contributed by atoms with van der Waals surface area (Å²) in [5.74, 6) is 1.06. The molecule has 0 atom stereocenters. The molecule has 0 heterocycles. The van der Waals surface area contributed by atoms with Gasteiger partial charge in [0.25, 0.3) is 0 Å². The summed E-state index contributed by atoms with van der Waals surface area (Å²) in [6.07, 6.45) is 0.275. The van der Waals surface area contributed by atoms with Crippen LogP contribution in [0.15, 0.2) is 66.7 Å². The zero-order valence-electron chi connectivity index (χ0n) is 16.0. The van der Waals surface area contributed by atoms with E-state index in [2.05, 4.69) is 5.32 Å². The number of carbonyl (C=O) groups is 1.